The fourth-order valence-corrected chi connectivity index (χ4v) is 2.62. The molecule has 1 amide bonds. The van der Waals surface area contributed by atoms with Crippen molar-refractivity contribution in [3.63, 3.8) is 0 Å². The molecular weight excluding hydrogens is 262 g/mol. The maximum absolute atomic E-state index is 12.4. The summed E-state index contributed by atoms with van der Waals surface area (Å²) >= 11 is 0. The lowest BCUT2D eigenvalue weighted by molar-refractivity contribution is -0.139. The van der Waals surface area contributed by atoms with Gasteiger partial charge in [0.25, 0.3) is 0 Å². The van der Waals surface area contributed by atoms with E-state index in [9.17, 15) is 9.59 Å². The standard InChI is InChI=1S/C14H23NO5/c1-2-19-12-8-11(12)14(18)15(6-5-13(16)17)9-10-4-3-7-20-10/h10-12H,2-9H2,1H3,(H,16,17)/t10-,11+,12-/m1/s1. The molecule has 0 aromatic rings. The maximum atomic E-state index is 12.4. The molecule has 1 aliphatic heterocycles. The Morgan fingerprint density at radius 3 is 2.85 bits per heavy atom. The van der Waals surface area contributed by atoms with Crippen molar-refractivity contribution >= 4 is 11.9 Å². The summed E-state index contributed by atoms with van der Waals surface area (Å²) in [4.78, 5) is 24.8. The molecule has 0 aromatic heterocycles. The predicted molar refractivity (Wildman–Crippen MR) is 71.3 cm³/mol. The molecule has 0 bridgehead atoms. The molecule has 1 saturated heterocycles. The molecule has 20 heavy (non-hydrogen) atoms. The minimum Gasteiger partial charge on any atom is -0.481 e. The lowest BCUT2D eigenvalue weighted by atomic mass is 10.2. The third-order valence-electron chi connectivity index (χ3n) is 3.79. The van der Waals surface area contributed by atoms with E-state index in [2.05, 4.69) is 0 Å². The first-order valence-electron chi connectivity index (χ1n) is 7.35. The molecular formula is C14H23NO5. The van der Waals surface area contributed by atoms with Crippen LogP contribution < -0.4 is 0 Å². The summed E-state index contributed by atoms with van der Waals surface area (Å²) in [5.41, 5.74) is 0. The lowest BCUT2D eigenvalue weighted by Gasteiger charge is -2.25. The highest BCUT2D eigenvalue weighted by Gasteiger charge is 2.46. The molecule has 0 unspecified atom stereocenters. The van der Waals surface area contributed by atoms with Gasteiger partial charge in [0, 0.05) is 26.3 Å². The maximum Gasteiger partial charge on any atom is 0.305 e. The minimum absolute atomic E-state index is 0.0141. The van der Waals surface area contributed by atoms with Gasteiger partial charge in [0.2, 0.25) is 5.91 Å². The van der Waals surface area contributed by atoms with Crippen LogP contribution in [0.1, 0.15) is 32.6 Å². The summed E-state index contributed by atoms with van der Waals surface area (Å²) in [5, 5.41) is 8.80. The molecule has 3 atom stereocenters. The van der Waals surface area contributed by atoms with Crippen LogP contribution in [0.3, 0.4) is 0 Å². The van der Waals surface area contributed by atoms with Crippen molar-refractivity contribution in [1.29, 1.82) is 0 Å². The summed E-state index contributed by atoms with van der Waals surface area (Å²) in [7, 11) is 0. The van der Waals surface area contributed by atoms with Gasteiger partial charge in [-0.2, -0.15) is 0 Å². The fourth-order valence-electron chi connectivity index (χ4n) is 2.62. The van der Waals surface area contributed by atoms with Crippen molar-refractivity contribution in [1.82, 2.24) is 4.90 Å². The Hall–Kier alpha value is -1.14. The second kappa shape index (κ2) is 7.04. The van der Waals surface area contributed by atoms with Crippen LogP contribution in [0.5, 0.6) is 0 Å². The molecule has 114 valence electrons. The fraction of sp³-hybridized carbons (Fsp3) is 0.857. The van der Waals surface area contributed by atoms with Gasteiger partial charge < -0.3 is 19.5 Å². The number of carbonyl (C=O) groups excluding carboxylic acids is 1. The van der Waals surface area contributed by atoms with Crippen LogP contribution in [0.2, 0.25) is 0 Å². The normalized spacial score (nSPS) is 28.4. The number of aliphatic carboxylic acids is 1. The first-order valence-corrected chi connectivity index (χ1v) is 7.35. The van der Waals surface area contributed by atoms with Gasteiger partial charge in [0.1, 0.15) is 0 Å². The van der Waals surface area contributed by atoms with Crippen molar-refractivity contribution < 1.29 is 24.2 Å². The largest absolute Gasteiger partial charge is 0.481 e. The van der Waals surface area contributed by atoms with Crippen LogP contribution in [-0.4, -0.2) is 60.4 Å². The molecule has 1 N–H and O–H groups in total. The number of ether oxygens (including phenoxy) is 2. The molecule has 1 aliphatic carbocycles. The van der Waals surface area contributed by atoms with Crippen molar-refractivity contribution in [2.45, 2.75) is 44.8 Å². The average Bonchev–Trinajstić information content (AvgIpc) is 2.98. The highest BCUT2D eigenvalue weighted by molar-refractivity contribution is 5.82. The number of carboxylic acids is 1. The molecule has 6 heteroatoms. The van der Waals surface area contributed by atoms with Crippen molar-refractivity contribution in [3.8, 4) is 0 Å². The van der Waals surface area contributed by atoms with E-state index < -0.39 is 5.97 Å². The average molecular weight is 285 g/mol. The summed E-state index contributed by atoms with van der Waals surface area (Å²) < 4.78 is 11.0. The van der Waals surface area contributed by atoms with Gasteiger partial charge in [-0.3, -0.25) is 9.59 Å². The van der Waals surface area contributed by atoms with Crippen LogP contribution in [0.4, 0.5) is 0 Å². The van der Waals surface area contributed by atoms with Gasteiger partial charge in [-0.1, -0.05) is 0 Å². The first-order chi connectivity index (χ1) is 9.61. The second-order valence-corrected chi connectivity index (χ2v) is 5.40. The van der Waals surface area contributed by atoms with Gasteiger partial charge in [-0.25, -0.2) is 0 Å². The van der Waals surface area contributed by atoms with E-state index >= 15 is 0 Å². The number of hydrogen-bond acceptors (Lipinski definition) is 4. The second-order valence-electron chi connectivity index (χ2n) is 5.40. The quantitative estimate of drug-likeness (QED) is 0.717. The Labute approximate surface area is 119 Å². The van der Waals surface area contributed by atoms with E-state index in [1.165, 1.54) is 0 Å². The Balaban J connectivity index is 1.87. The monoisotopic (exact) mass is 285 g/mol. The Kier molecular flexibility index (Phi) is 5.37. The zero-order chi connectivity index (χ0) is 14.5. The van der Waals surface area contributed by atoms with Gasteiger partial charge in [-0.05, 0) is 26.2 Å². The zero-order valence-electron chi connectivity index (χ0n) is 11.9. The predicted octanol–water partition coefficient (Wildman–Crippen LogP) is 0.894. The van der Waals surface area contributed by atoms with E-state index in [0.29, 0.717) is 13.2 Å². The van der Waals surface area contributed by atoms with Crippen molar-refractivity contribution in [2.75, 3.05) is 26.3 Å². The number of nitrogens with zero attached hydrogens (tertiary/aromatic N) is 1. The lowest BCUT2D eigenvalue weighted by Crippen LogP contribution is -2.40. The number of amides is 1. The third-order valence-corrected chi connectivity index (χ3v) is 3.79. The van der Waals surface area contributed by atoms with E-state index in [4.69, 9.17) is 14.6 Å². The van der Waals surface area contributed by atoms with Crippen LogP contribution in [0.15, 0.2) is 0 Å². The van der Waals surface area contributed by atoms with E-state index in [0.717, 1.165) is 25.9 Å². The summed E-state index contributed by atoms with van der Waals surface area (Å²) in [5.74, 6) is -0.961. The van der Waals surface area contributed by atoms with Crippen LogP contribution in [0.25, 0.3) is 0 Å². The van der Waals surface area contributed by atoms with Gasteiger partial charge >= 0.3 is 5.97 Å². The molecule has 2 rings (SSSR count). The van der Waals surface area contributed by atoms with E-state index in [-0.39, 0.29) is 37.0 Å². The smallest absolute Gasteiger partial charge is 0.305 e. The van der Waals surface area contributed by atoms with Crippen molar-refractivity contribution in [2.24, 2.45) is 5.92 Å². The minimum atomic E-state index is -0.882. The SMILES string of the molecule is CCO[C@@H]1C[C@@H]1C(=O)N(CCC(=O)O)C[C@H]1CCCO1. The molecule has 2 fully saturated rings. The Morgan fingerprint density at radius 2 is 2.25 bits per heavy atom. The molecule has 0 aromatic carbocycles. The summed E-state index contributed by atoms with van der Waals surface area (Å²) in [6, 6.07) is 0. The molecule has 2 aliphatic rings. The number of hydrogen-bond donors (Lipinski definition) is 1. The zero-order valence-corrected chi connectivity index (χ0v) is 11.9. The molecule has 1 saturated carbocycles. The number of carboxylic acid groups (broad SMARTS) is 1. The van der Waals surface area contributed by atoms with Crippen molar-refractivity contribution in [3.05, 3.63) is 0 Å². The highest BCUT2D eigenvalue weighted by Crippen LogP contribution is 2.35. The van der Waals surface area contributed by atoms with Crippen LogP contribution in [0, 0.1) is 5.92 Å². The number of carbonyl (C=O) groups is 2. The van der Waals surface area contributed by atoms with Crippen LogP contribution in [-0.2, 0) is 19.1 Å². The van der Waals surface area contributed by atoms with Crippen LogP contribution >= 0.6 is 0 Å². The van der Waals surface area contributed by atoms with E-state index in [1.54, 1.807) is 4.90 Å². The van der Waals surface area contributed by atoms with E-state index in [1.807, 2.05) is 6.92 Å². The first kappa shape index (κ1) is 15.3. The molecule has 0 spiro atoms. The summed E-state index contributed by atoms with van der Waals surface area (Å²) in [6.07, 6.45) is 2.75. The van der Waals surface area contributed by atoms with Gasteiger partial charge in [0.15, 0.2) is 0 Å². The number of rotatable bonds is 8. The van der Waals surface area contributed by atoms with Gasteiger partial charge in [-0.15, -0.1) is 0 Å². The topological polar surface area (TPSA) is 76.1 Å². The Bertz CT molecular complexity index is 353. The highest BCUT2D eigenvalue weighted by atomic mass is 16.5. The Morgan fingerprint density at radius 1 is 1.45 bits per heavy atom. The molecule has 6 nitrogen and oxygen atoms in total. The third kappa shape index (κ3) is 4.18. The molecule has 1 heterocycles. The summed E-state index contributed by atoms with van der Waals surface area (Å²) in [6.45, 7) is 4.01. The van der Waals surface area contributed by atoms with Gasteiger partial charge in [0.05, 0.1) is 24.5 Å². The molecule has 0 radical (unpaired) electrons.